The van der Waals surface area contributed by atoms with Crippen molar-refractivity contribution < 1.29 is 28.7 Å². The molecule has 0 spiro atoms. The van der Waals surface area contributed by atoms with Crippen molar-refractivity contribution in [2.45, 2.75) is 53.8 Å². The number of hydrogen-bond donors (Lipinski definition) is 0. The third-order valence-electron chi connectivity index (χ3n) is 3.79. The summed E-state index contributed by atoms with van der Waals surface area (Å²) in [5, 5.41) is 0. The zero-order valence-electron chi connectivity index (χ0n) is 16.5. The number of nitrogens with zero attached hydrogens (tertiary/aromatic N) is 2. The summed E-state index contributed by atoms with van der Waals surface area (Å²) in [5.41, 5.74) is 0. The summed E-state index contributed by atoms with van der Waals surface area (Å²) in [5.74, 6) is -2.29. The van der Waals surface area contributed by atoms with E-state index < -0.39 is 24.1 Å². The van der Waals surface area contributed by atoms with E-state index in [2.05, 4.69) is 0 Å². The number of likely N-dealkylation sites (N-methyl/N-ethyl adjacent to an activating group) is 2. The number of esters is 2. The molecule has 2 amide bonds. The van der Waals surface area contributed by atoms with E-state index in [1.54, 1.807) is 0 Å². The maximum Gasteiger partial charge on any atom is 0.331 e. The summed E-state index contributed by atoms with van der Waals surface area (Å²) in [7, 11) is 0. The van der Waals surface area contributed by atoms with Crippen molar-refractivity contribution in [3.8, 4) is 0 Å². The number of ether oxygens (including phenoxy) is 2. The minimum absolute atomic E-state index is 0.308. The van der Waals surface area contributed by atoms with Crippen LogP contribution in [0.3, 0.4) is 0 Å². The maximum absolute atomic E-state index is 12.0. The van der Waals surface area contributed by atoms with E-state index in [1.165, 1.54) is 23.6 Å². The number of rotatable bonds is 10. The largest absolute Gasteiger partial charge is 0.449 e. The Morgan fingerprint density at radius 3 is 1.19 bits per heavy atom. The van der Waals surface area contributed by atoms with Crippen LogP contribution in [0.2, 0.25) is 0 Å². The summed E-state index contributed by atoms with van der Waals surface area (Å²) >= 11 is 0. The minimum Gasteiger partial charge on any atom is -0.449 e. The predicted molar refractivity (Wildman–Crippen MR) is 96.1 cm³/mol. The highest BCUT2D eigenvalue weighted by Gasteiger charge is 2.22. The Labute approximate surface area is 155 Å². The first-order valence-electron chi connectivity index (χ1n) is 8.88. The topological polar surface area (TPSA) is 93.2 Å². The van der Waals surface area contributed by atoms with Crippen LogP contribution in [-0.4, -0.2) is 71.9 Å². The summed E-state index contributed by atoms with van der Waals surface area (Å²) in [4.78, 5) is 50.5. The fourth-order valence-corrected chi connectivity index (χ4v) is 2.25. The van der Waals surface area contributed by atoms with Crippen LogP contribution in [0.25, 0.3) is 0 Å². The first-order chi connectivity index (χ1) is 12.2. The minimum atomic E-state index is -0.953. The number of hydrogen-bond acceptors (Lipinski definition) is 6. The molecule has 148 valence electrons. The van der Waals surface area contributed by atoms with Gasteiger partial charge in [-0.15, -0.1) is 0 Å². The van der Waals surface area contributed by atoms with Gasteiger partial charge in [0.2, 0.25) is 0 Å². The highest BCUT2D eigenvalue weighted by Crippen LogP contribution is 2.02. The Kier molecular flexibility index (Phi) is 10.9. The predicted octanol–water partition coefficient (Wildman–Crippen LogP) is 1.14. The van der Waals surface area contributed by atoms with Crippen molar-refractivity contribution in [2.75, 3.05) is 26.2 Å². The Hall–Kier alpha value is -2.38. The molecule has 0 saturated heterocycles. The van der Waals surface area contributed by atoms with Crippen molar-refractivity contribution >= 4 is 23.8 Å². The zero-order chi connectivity index (χ0) is 20.3. The molecule has 2 atom stereocenters. The Balaban J connectivity index is 4.57. The molecule has 0 saturated carbocycles. The zero-order valence-corrected chi connectivity index (χ0v) is 16.5. The van der Waals surface area contributed by atoms with Gasteiger partial charge in [-0.3, -0.25) is 9.59 Å². The van der Waals surface area contributed by atoms with Gasteiger partial charge in [-0.2, -0.15) is 0 Å². The van der Waals surface area contributed by atoms with Gasteiger partial charge in [0, 0.05) is 38.3 Å². The molecule has 0 aliphatic rings. The lowest BCUT2D eigenvalue weighted by Crippen LogP contribution is -2.39. The molecule has 0 aromatic rings. The lowest BCUT2D eigenvalue weighted by Gasteiger charge is -2.22. The summed E-state index contributed by atoms with van der Waals surface area (Å²) in [6.45, 7) is 12.3. The third-order valence-corrected chi connectivity index (χ3v) is 3.79. The molecule has 26 heavy (non-hydrogen) atoms. The molecule has 0 bridgehead atoms. The number of amides is 2. The number of carbonyl (C=O) groups is 4. The van der Waals surface area contributed by atoms with Gasteiger partial charge in [-0.05, 0) is 41.5 Å². The second-order valence-electron chi connectivity index (χ2n) is 5.51. The van der Waals surface area contributed by atoms with Crippen molar-refractivity contribution in [2.24, 2.45) is 0 Å². The lowest BCUT2D eigenvalue weighted by atomic mass is 10.3. The highest BCUT2D eigenvalue weighted by atomic mass is 16.6. The van der Waals surface area contributed by atoms with Gasteiger partial charge in [0.05, 0.1) is 0 Å². The van der Waals surface area contributed by atoms with Gasteiger partial charge in [-0.1, -0.05) is 0 Å². The van der Waals surface area contributed by atoms with Crippen LogP contribution in [0, 0.1) is 0 Å². The Morgan fingerprint density at radius 2 is 0.962 bits per heavy atom. The molecule has 0 N–H and O–H groups in total. The fourth-order valence-electron chi connectivity index (χ4n) is 2.25. The van der Waals surface area contributed by atoms with Crippen LogP contribution in [0.1, 0.15) is 41.5 Å². The van der Waals surface area contributed by atoms with Crippen LogP contribution in [-0.2, 0) is 28.7 Å². The van der Waals surface area contributed by atoms with Crippen LogP contribution in [0.15, 0.2) is 12.2 Å². The van der Waals surface area contributed by atoms with E-state index in [-0.39, 0.29) is 11.8 Å². The maximum atomic E-state index is 12.0. The van der Waals surface area contributed by atoms with E-state index in [9.17, 15) is 19.2 Å². The van der Waals surface area contributed by atoms with Gasteiger partial charge >= 0.3 is 11.9 Å². The molecule has 0 aromatic carbocycles. The van der Waals surface area contributed by atoms with Crippen molar-refractivity contribution in [3.05, 3.63) is 12.2 Å². The molecular formula is C18H30N2O6. The molecule has 0 rings (SSSR count). The van der Waals surface area contributed by atoms with Gasteiger partial charge in [0.25, 0.3) is 11.8 Å². The quantitative estimate of drug-likeness (QED) is 0.423. The van der Waals surface area contributed by atoms with E-state index in [0.717, 1.165) is 12.2 Å². The molecule has 0 aliphatic carbocycles. The van der Waals surface area contributed by atoms with Crippen LogP contribution >= 0.6 is 0 Å². The van der Waals surface area contributed by atoms with E-state index >= 15 is 0 Å². The molecule has 0 aliphatic heterocycles. The Bertz CT molecular complexity index is 478. The third kappa shape index (κ3) is 7.67. The van der Waals surface area contributed by atoms with Crippen molar-refractivity contribution in [1.29, 1.82) is 0 Å². The summed E-state index contributed by atoms with van der Waals surface area (Å²) in [6, 6.07) is 0. The monoisotopic (exact) mass is 370 g/mol. The van der Waals surface area contributed by atoms with E-state index in [1.807, 2.05) is 27.7 Å². The van der Waals surface area contributed by atoms with Crippen molar-refractivity contribution in [3.63, 3.8) is 0 Å². The average molecular weight is 370 g/mol. The Morgan fingerprint density at radius 1 is 0.692 bits per heavy atom. The standard InChI is InChI=1S/C18H30N2O6/c1-7-19(8-2)17(23)13(5)25-15(21)11-12-16(22)26-14(6)18(24)20(9-3)10-4/h11-14H,7-10H2,1-6H3/b12-11+/t13-,14-/m0/s1. The summed E-state index contributed by atoms with van der Waals surface area (Å²) in [6.07, 6.45) is -0.149. The fraction of sp³-hybridized carbons (Fsp3) is 0.667. The highest BCUT2D eigenvalue weighted by molar-refractivity contribution is 5.94. The van der Waals surface area contributed by atoms with Gasteiger partial charge in [0.15, 0.2) is 12.2 Å². The number of carbonyl (C=O) groups excluding carboxylic acids is 4. The normalized spacial score (nSPS) is 13.0. The van der Waals surface area contributed by atoms with Crippen molar-refractivity contribution in [1.82, 2.24) is 9.80 Å². The van der Waals surface area contributed by atoms with Crippen LogP contribution in [0.5, 0.6) is 0 Å². The SMILES string of the molecule is CCN(CC)C(=O)[C@H](C)OC(=O)/C=C/C(=O)O[C@@H](C)C(=O)N(CC)CC. The van der Waals surface area contributed by atoms with Crippen LogP contribution in [0.4, 0.5) is 0 Å². The molecule has 0 fully saturated rings. The first-order valence-corrected chi connectivity index (χ1v) is 8.88. The van der Waals surface area contributed by atoms with Crippen LogP contribution < -0.4 is 0 Å². The first kappa shape index (κ1) is 23.6. The van der Waals surface area contributed by atoms with Gasteiger partial charge < -0.3 is 19.3 Å². The molecule has 0 radical (unpaired) electrons. The van der Waals surface area contributed by atoms with E-state index in [4.69, 9.17) is 9.47 Å². The summed E-state index contributed by atoms with van der Waals surface area (Å²) < 4.78 is 9.95. The lowest BCUT2D eigenvalue weighted by molar-refractivity contribution is -0.156. The van der Waals surface area contributed by atoms with Gasteiger partial charge in [-0.25, -0.2) is 9.59 Å². The average Bonchev–Trinajstić information content (AvgIpc) is 2.61. The second kappa shape index (κ2) is 12.1. The molecule has 0 unspecified atom stereocenters. The molecule has 8 heteroatoms. The molecule has 8 nitrogen and oxygen atoms in total. The van der Waals surface area contributed by atoms with E-state index in [0.29, 0.717) is 26.2 Å². The molecule has 0 aromatic heterocycles. The molecular weight excluding hydrogens is 340 g/mol. The second-order valence-corrected chi connectivity index (χ2v) is 5.51. The smallest absolute Gasteiger partial charge is 0.331 e. The van der Waals surface area contributed by atoms with Gasteiger partial charge in [0.1, 0.15) is 0 Å². The molecule has 0 heterocycles.